The molecule has 2 rings (SSSR count). The Labute approximate surface area is 148 Å². The van der Waals surface area contributed by atoms with Gasteiger partial charge >= 0.3 is 6.09 Å². The van der Waals surface area contributed by atoms with Gasteiger partial charge in [0.15, 0.2) is 23.1 Å². The first-order valence-electron chi connectivity index (χ1n) is 7.50. The quantitative estimate of drug-likeness (QED) is 0.624. The lowest BCUT2D eigenvalue weighted by atomic mass is 10.1. The number of nitrogens with zero attached hydrogens (tertiary/aromatic N) is 1. The van der Waals surface area contributed by atoms with Crippen molar-refractivity contribution in [2.45, 2.75) is 26.3 Å². The van der Waals surface area contributed by atoms with Gasteiger partial charge in [0.1, 0.15) is 5.75 Å². The van der Waals surface area contributed by atoms with E-state index in [1.165, 1.54) is 18.2 Å². The van der Waals surface area contributed by atoms with E-state index in [4.69, 9.17) is 9.47 Å². The van der Waals surface area contributed by atoms with E-state index in [0.29, 0.717) is 0 Å². The molecule has 0 bridgehead atoms. The van der Waals surface area contributed by atoms with Crippen LogP contribution in [0.2, 0.25) is 0 Å². The van der Waals surface area contributed by atoms with Gasteiger partial charge in [-0.25, -0.2) is 9.18 Å². The Bertz CT molecular complexity index is 848. The third-order valence-corrected chi connectivity index (χ3v) is 2.96. The standard InChI is InChI=1S/C17H17FN2O6/c1-17(2,3)19-16(22)26-14-7-5-11(9-12(14)18)25-15-6-4-10(20(23)24)8-13(15)21/h4-9,21H,1-3H3,(H,19,22). The lowest BCUT2D eigenvalue weighted by Crippen LogP contribution is -2.42. The summed E-state index contributed by atoms with van der Waals surface area (Å²) in [5, 5.41) is 22.9. The third kappa shape index (κ3) is 5.07. The second-order valence-electron chi connectivity index (χ2n) is 6.37. The molecule has 0 aliphatic heterocycles. The maximum atomic E-state index is 14.1. The van der Waals surface area contributed by atoms with Gasteiger partial charge in [-0.1, -0.05) is 0 Å². The molecule has 8 nitrogen and oxygen atoms in total. The number of nitro benzene ring substituents is 1. The summed E-state index contributed by atoms with van der Waals surface area (Å²) in [6.45, 7) is 5.24. The van der Waals surface area contributed by atoms with Gasteiger partial charge in [-0.3, -0.25) is 10.1 Å². The van der Waals surface area contributed by atoms with Crippen molar-refractivity contribution in [2.75, 3.05) is 0 Å². The molecular formula is C17H17FN2O6. The number of phenols is 1. The number of carbonyl (C=O) groups is 1. The van der Waals surface area contributed by atoms with E-state index in [2.05, 4.69) is 5.32 Å². The number of phenolic OH excluding ortho intramolecular Hbond substituents is 1. The Morgan fingerprint density at radius 1 is 1.19 bits per heavy atom. The van der Waals surface area contributed by atoms with Gasteiger partial charge in [-0.05, 0) is 39.0 Å². The predicted octanol–water partition coefficient (Wildman–Crippen LogP) is 4.12. The summed E-state index contributed by atoms with van der Waals surface area (Å²) in [6, 6.07) is 6.71. The first-order chi connectivity index (χ1) is 12.0. The zero-order valence-corrected chi connectivity index (χ0v) is 14.3. The molecule has 2 aromatic carbocycles. The number of hydrogen-bond donors (Lipinski definition) is 2. The number of nitro groups is 1. The van der Waals surface area contributed by atoms with Crippen LogP contribution in [0.25, 0.3) is 0 Å². The lowest BCUT2D eigenvalue weighted by molar-refractivity contribution is -0.385. The van der Waals surface area contributed by atoms with Crippen LogP contribution in [0.1, 0.15) is 20.8 Å². The molecule has 138 valence electrons. The van der Waals surface area contributed by atoms with Crippen molar-refractivity contribution in [3.8, 4) is 23.0 Å². The van der Waals surface area contributed by atoms with Crippen LogP contribution in [0.4, 0.5) is 14.9 Å². The predicted molar refractivity (Wildman–Crippen MR) is 90.1 cm³/mol. The maximum Gasteiger partial charge on any atom is 0.413 e. The molecule has 9 heteroatoms. The van der Waals surface area contributed by atoms with Gasteiger partial charge in [0.25, 0.3) is 5.69 Å². The SMILES string of the molecule is CC(C)(C)NC(=O)Oc1ccc(Oc2ccc([N+](=O)[O-])cc2O)cc1F. The highest BCUT2D eigenvalue weighted by Gasteiger charge is 2.18. The number of hydrogen-bond acceptors (Lipinski definition) is 6. The number of non-ortho nitro benzene ring substituents is 1. The summed E-state index contributed by atoms with van der Waals surface area (Å²) in [7, 11) is 0. The summed E-state index contributed by atoms with van der Waals surface area (Å²) >= 11 is 0. The van der Waals surface area contributed by atoms with E-state index in [9.17, 15) is 24.4 Å². The minimum Gasteiger partial charge on any atom is -0.504 e. The van der Waals surface area contributed by atoms with E-state index in [0.717, 1.165) is 18.2 Å². The molecule has 26 heavy (non-hydrogen) atoms. The fraction of sp³-hybridized carbons (Fsp3) is 0.235. The minimum atomic E-state index is -0.854. The van der Waals surface area contributed by atoms with Crippen molar-refractivity contribution in [1.82, 2.24) is 5.32 Å². The molecule has 0 saturated carbocycles. The molecule has 0 aromatic heterocycles. The molecule has 0 fully saturated rings. The molecule has 0 aliphatic rings. The number of halogens is 1. The first kappa shape index (κ1) is 19.0. The summed E-state index contributed by atoms with van der Waals surface area (Å²) < 4.78 is 24.3. The van der Waals surface area contributed by atoms with Crippen LogP contribution in [-0.4, -0.2) is 21.7 Å². The Morgan fingerprint density at radius 2 is 1.85 bits per heavy atom. The van der Waals surface area contributed by atoms with E-state index < -0.39 is 28.1 Å². The zero-order valence-electron chi connectivity index (χ0n) is 14.3. The van der Waals surface area contributed by atoms with Gasteiger partial charge in [0, 0.05) is 17.7 Å². The van der Waals surface area contributed by atoms with E-state index in [-0.39, 0.29) is 22.9 Å². The second-order valence-corrected chi connectivity index (χ2v) is 6.37. The fourth-order valence-electron chi connectivity index (χ4n) is 1.89. The molecule has 0 spiro atoms. The Kier molecular flexibility index (Phi) is 5.30. The average Bonchev–Trinajstić information content (AvgIpc) is 2.50. The summed E-state index contributed by atoms with van der Waals surface area (Å²) in [4.78, 5) is 21.6. The number of carbonyl (C=O) groups excluding carboxylic acids is 1. The lowest BCUT2D eigenvalue weighted by Gasteiger charge is -2.20. The van der Waals surface area contributed by atoms with Gasteiger partial charge in [-0.2, -0.15) is 0 Å². The molecule has 0 radical (unpaired) electrons. The van der Waals surface area contributed by atoms with Crippen LogP contribution >= 0.6 is 0 Å². The Morgan fingerprint density at radius 3 is 2.38 bits per heavy atom. The van der Waals surface area contributed by atoms with Crippen molar-refractivity contribution in [2.24, 2.45) is 0 Å². The zero-order chi connectivity index (χ0) is 19.5. The number of ether oxygens (including phenoxy) is 2. The fourth-order valence-corrected chi connectivity index (χ4v) is 1.89. The van der Waals surface area contributed by atoms with Gasteiger partial charge in [0.05, 0.1) is 11.0 Å². The number of aromatic hydroxyl groups is 1. The van der Waals surface area contributed by atoms with E-state index in [1.807, 2.05) is 0 Å². The van der Waals surface area contributed by atoms with Crippen LogP contribution in [0, 0.1) is 15.9 Å². The molecule has 0 unspecified atom stereocenters. The van der Waals surface area contributed by atoms with Crippen molar-refractivity contribution in [3.63, 3.8) is 0 Å². The molecular weight excluding hydrogens is 347 g/mol. The number of benzene rings is 2. The highest BCUT2D eigenvalue weighted by Crippen LogP contribution is 2.34. The average molecular weight is 364 g/mol. The maximum absolute atomic E-state index is 14.1. The van der Waals surface area contributed by atoms with Crippen molar-refractivity contribution >= 4 is 11.8 Å². The van der Waals surface area contributed by atoms with Crippen LogP contribution in [-0.2, 0) is 0 Å². The van der Waals surface area contributed by atoms with E-state index in [1.54, 1.807) is 20.8 Å². The smallest absolute Gasteiger partial charge is 0.413 e. The second kappa shape index (κ2) is 7.26. The normalized spacial score (nSPS) is 10.9. The largest absolute Gasteiger partial charge is 0.504 e. The highest BCUT2D eigenvalue weighted by molar-refractivity contribution is 5.71. The molecule has 1 amide bonds. The monoisotopic (exact) mass is 364 g/mol. The van der Waals surface area contributed by atoms with E-state index >= 15 is 0 Å². The molecule has 0 aliphatic carbocycles. The molecule has 0 heterocycles. The van der Waals surface area contributed by atoms with Crippen LogP contribution in [0.5, 0.6) is 23.0 Å². The summed E-state index contributed by atoms with van der Waals surface area (Å²) in [5.74, 6) is -1.70. The van der Waals surface area contributed by atoms with Crippen LogP contribution in [0.3, 0.4) is 0 Å². The third-order valence-electron chi connectivity index (χ3n) is 2.96. The number of amides is 1. The van der Waals surface area contributed by atoms with Crippen molar-refractivity contribution in [1.29, 1.82) is 0 Å². The van der Waals surface area contributed by atoms with Crippen molar-refractivity contribution < 1.29 is 28.7 Å². The minimum absolute atomic E-state index is 0.00947. The van der Waals surface area contributed by atoms with Gasteiger partial charge < -0.3 is 19.9 Å². The van der Waals surface area contributed by atoms with Gasteiger partial charge in [0.2, 0.25) is 0 Å². The number of rotatable bonds is 4. The van der Waals surface area contributed by atoms with Crippen LogP contribution < -0.4 is 14.8 Å². The Balaban J connectivity index is 2.12. The summed E-state index contributed by atoms with van der Waals surface area (Å²) in [5.41, 5.74) is -0.848. The highest BCUT2D eigenvalue weighted by atomic mass is 19.1. The molecule has 2 aromatic rings. The number of nitrogens with one attached hydrogen (secondary N) is 1. The van der Waals surface area contributed by atoms with Crippen LogP contribution in [0.15, 0.2) is 36.4 Å². The first-order valence-corrected chi connectivity index (χ1v) is 7.50. The topological polar surface area (TPSA) is 111 Å². The van der Waals surface area contributed by atoms with Gasteiger partial charge in [-0.15, -0.1) is 0 Å². The molecule has 0 atom stereocenters. The summed E-state index contributed by atoms with van der Waals surface area (Å²) in [6.07, 6.45) is -0.807. The molecule has 0 saturated heterocycles. The Hall–Kier alpha value is -3.36. The van der Waals surface area contributed by atoms with Crippen molar-refractivity contribution in [3.05, 3.63) is 52.3 Å². The molecule has 2 N–H and O–H groups in total.